The highest BCUT2D eigenvalue weighted by molar-refractivity contribution is 6.17. The highest BCUT2D eigenvalue weighted by atomic mass is 35.5. The number of nitrogens with zero attached hydrogens (tertiary/aromatic N) is 2. The van der Waals surface area contributed by atoms with E-state index in [2.05, 4.69) is 30.5 Å². The number of halogens is 1. The molecule has 0 aliphatic heterocycles. The van der Waals surface area contributed by atoms with Gasteiger partial charge in [-0.3, -0.25) is 0 Å². The zero-order valence-corrected chi connectivity index (χ0v) is 14.0. The number of hydrogen-bond acceptors (Lipinski definition) is 2. The Morgan fingerprint density at radius 3 is 2.71 bits per heavy atom. The van der Waals surface area contributed by atoms with Gasteiger partial charge in [-0.15, -0.1) is 11.6 Å². The van der Waals surface area contributed by atoms with Crippen LogP contribution in [0.15, 0.2) is 18.2 Å². The number of alkyl halides is 1. The van der Waals surface area contributed by atoms with E-state index >= 15 is 0 Å². The lowest BCUT2D eigenvalue weighted by atomic mass is 10.1. The molecule has 0 bridgehead atoms. The number of ether oxygens (including phenoxy) is 1. The van der Waals surface area contributed by atoms with Gasteiger partial charge in [-0.25, -0.2) is 4.98 Å². The summed E-state index contributed by atoms with van der Waals surface area (Å²) in [6.45, 7) is 7.13. The second-order valence-corrected chi connectivity index (χ2v) is 5.62. The molecule has 116 valence electrons. The molecule has 1 aromatic carbocycles. The molecule has 2 rings (SSSR count). The van der Waals surface area contributed by atoms with Crippen LogP contribution >= 0.6 is 11.6 Å². The molecule has 1 aromatic heterocycles. The third kappa shape index (κ3) is 3.34. The van der Waals surface area contributed by atoms with E-state index in [1.807, 2.05) is 13.0 Å². The minimum atomic E-state index is 0.482. The predicted octanol–water partition coefficient (Wildman–Crippen LogP) is 4.97. The zero-order chi connectivity index (χ0) is 15.2. The molecule has 1 atom stereocenters. The van der Waals surface area contributed by atoms with Gasteiger partial charge in [-0.1, -0.05) is 26.3 Å². The molecule has 1 heterocycles. The van der Waals surface area contributed by atoms with Crippen LogP contribution in [-0.2, 0) is 6.42 Å². The molecule has 0 amide bonds. The number of hydrogen-bond donors (Lipinski definition) is 0. The molecule has 0 saturated heterocycles. The van der Waals surface area contributed by atoms with Crippen LogP contribution in [-0.4, -0.2) is 22.0 Å². The monoisotopic (exact) mass is 308 g/mol. The number of para-hydroxylation sites is 1. The molecular formula is C17H25ClN2O. The van der Waals surface area contributed by atoms with Gasteiger partial charge in [0.1, 0.15) is 17.1 Å². The molecule has 0 fully saturated rings. The second kappa shape index (κ2) is 7.69. The van der Waals surface area contributed by atoms with Crippen LogP contribution in [0.3, 0.4) is 0 Å². The summed E-state index contributed by atoms with van der Waals surface area (Å²) in [5, 5.41) is 0. The first-order valence-electron chi connectivity index (χ1n) is 7.95. The van der Waals surface area contributed by atoms with E-state index in [0.717, 1.165) is 36.4 Å². The maximum Gasteiger partial charge on any atom is 0.147 e. The molecule has 1 unspecified atom stereocenters. The molecule has 0 aliphatic carbocycles. The third-order valence-electron chi connectivity index (χ3n) is 3.83. The van der Waals surface area contributed by atoms with Crippen LogP contribution < -0.4 is 4.74 Å². The van der Waals surface area contributed by atoms with E-state index in [4.69, 9.17) is 21.3 Å². The minimum absolute atomic E-state index is 0.482. The van der Waals surface area contributed by atoms with Crippen LogP contribution in [0.1, 0.15) is 51.9 Å². The van der Waals surface area contributed by atoms with Crippen molar-refractivity contribution >= 4 is 22.6 Å². The molecule has 21 heavy (non-hydrogen) atoms. The molecule has 0 saturated carbocycles. The van der Waals surface area contributed by atoms with Crippen molar-refractivity contribution in [3.05, 3.63) is 24.0 Å². The average molecular weight is 309 g/mol. The van der Waals surface area contributed by atoms with Gasteiger partial charge in [0, 0.05) is 18.3 Å². The van der Waals surface area contributed by atoms with E-state index in [1.165, 1.54) is 11.9 Å². The summed E-state index contributed by atoms with van der Waals surface area (Å²) in [4.78, 5) is 4.83. The largest absolute Gasteiger partial charge is 0.492 e. The van der Waals surface area contributed by atoms with Crippen LogP contribution in [0.2, 0.25) is 0 Å². The smallest absolute Gasteiger partial charge is 0.147 e. The summed E-state index contributed by atoms with van der Waals surface area (Å²) < 4.78 is 8.11. The molecule has 4 heteroatoms. The number of fused-ring (bicyclic) bond motifs is 1. The Morgan fingerprint density at radius 1 is 1.29 bits per heavy atom. The number of aryl methyl sites for hydroxylation is 1. The van der Waals surface area contributed by atoms with Crippen molar-refractivity contribution < 1.29 is 4.74 Å². The Balaban J connectivity index is 2.59. The lowest BCUT2D eigenvalue weighted by Crippen LogP contribution is -2.12. The van der Waals surface area contributed by atoms with Gasteiger partial charge in [0.2, 0.25) is 0 Å². The molecule has 0 radical (unpaired) electrons. The highest BCUT2D eigenvalue weighted by Gasteiger charge is 2.19. The van der Waals surface area contributed by atoms with Crippen molar-refractivity contribution in [2.24, 2.45) is 0 Å². The summed E-state index contributed by atoms with van der Waals surface area (Å²) in [7, 11) is 0. The summed E-state index contributed by atoms with van der Waals surface area (Å²) in [5.74, 6) is 2.54. The van der Waals surface area contributed by atoms with Gasteiger partial charge in [0.15, 0.2) is 0 Å². The fraction of sp³-hybridized carbons (Fsp3) is 0.588. The van der Waals surface area contributed by atoms with Gasteiger partial charge in [0.25, 0.3) is 0 Å². The lowest BCUT2D eigenvalue weighted by Gasteiger charge is -2.19. The highest BCUT2D eigenvalue weighted by Crippen LogP contribution is 2.31. The molecule has 3 nitrogen and oxygen atoms in total. The van der Waals surface area contributed by atoms with Crippen LogP contribution in [0.5, 0.6) is 5.75 Å². The van der Waals surface area contributed by atoms with E-state index in [-0.39, 0.29) is 0 Å². The maximum absolute atomic E-state index is 5.98. The number of imidazole rings is 1. The topological polar surface area (TPSA) is 27.1 Å². The molecule has 0 N–H and O–H groups in total. The Morgan fingerprint density at radius 2 is 2.10 bits per heavy atom. The average Bonchev–Trinajstić information content (AvgIpc) is 2.85. The van der Waals surface area contributed by atoms with Gasteiger partial charge in [-0.05, 0) is 31.9 Å². The fourth-order valence-electron chi connectivity index (χ4n) is 2.93. The summed E-state index contributed by atoms with van der Waals surface area (Å²) >= 11 is 5.98. The van der Waals surface area contributed by atoms with E-state index < -0.39 is 0 Å². The lowest BCUT2D eigenvalue weighted by molar-refractivity contribution is 0.343. The Labute approximate surface area is 132 Å². The third-order valence-corrected chi connectivity index (χ3v) is 4.02. The Kier molecular flexibility index (Phi) is 5.92. The van der Waals surface area contributed by atoms with Crippen LogP contribution in [0, 0.1) is 0 Å². The molecule has 0 aliphatic rings. The number of benzene rings is 1. The van der Waals surface area contributed by atoms with Crippen LogP contribution in [0.25, 0.3) is 11.0 Å². The van der Waals surface area contributed by atoms with Gasteiger partial charge < -0.3 is 9.30 Å². The SMILES string of the molecule is CCCC(CC)n1c(CCCl)nc2c(OCC)cccc21. The first-order chi connectivity index (χ1) is 10.3. The van der Waals surface area contributed by atoms with Crippen molar-refractivity contribution in [3.63, 3.8) is 0 Å². The number of aromatic nitrogens is 2. The molecular weight excluding hydrogens is 284 g/mol. The first-order valence-corrected chi connectivity index (χ1v) is 8.48. The second-order valence-electron chi connectivity index (χ2n) is 5.24. The summed E-state index contributed by atoms with van der Waals surface area (Å²) in [6, 6.07) is 6.67. The van der Waals surface area contributed by atoms with E-state index in [9.17, 15) is 0 Å². The minimum Gasteiger partial charge on any atom is -0.492 e. The standard InChI is InChI=1S/C17H25ClN2O/c1-4-8-13(5-2)20-14-9-7-10-15(21-6-3)17(14)19-16(20)11-12-18/h7,9-10,13H,4-6,8,11-12H2,1-3H3. The Hall–Kier alpha value is -1.22. The molecule has 0 spiro atoms. The summed E-state index contributed by atoms with van der Waals surface area (Å²) in [5.41, 5.74) is 2.13. The van der Waals surface area contributed by atoms with Gasteiger partial charge in [0.05, 0.1) is 12.1 Å². The predicted molar refractivity (Wildman–Crippen MR) is 89.6 cm³/mol. The van der Waals surface area contributed by atoms with E-state index in [1.54, 1.807) is 0 Å². The van der Waals surface area contributed by atoms with Crippen molar-refractivity contribution in [2.75, 3.05) is 12.5 Å². The van der Waals surface area contributed by atoms with Crippen molar-refractivity contribution in [1.82, 2.24) is 9.55 Å². The number of rotatable bonds is 8. The van der Waals surface area contributed by atoms with Crippen molar-refractivity contribution in [1.29, 1.82) is 0 Å². The van der Waals surface area contributed by atoms with Gasteiger partial charge in [-0.2, -0.15) is 0 Å². The normalized spacial score (nSPS) is 12.8. The van der Waals surface area contributed by atoms with Crippen molar-refractivity contribution in [3.8, 4) is 5.75 Å². The molecule has 2 aromatic rings. The summed E-state index contributed by atoms with van der Waals surface area (Å²) in [6.07, 6.45) is 4.23. The van der Waals surface area contributed by atoms with E-state index in [0.29, 0.717) is 18.5 Å². The van der Waals surface area contributed by atoms with Crippen LogP contribution in [0.4, 0.5) is 0 Å². The van der Waals surface area contributed by atoms with Crippen molar-refractivity contribution in [2.45, 2.75) is 52.5 Å². The van der Waals surface area contributed by atoms with Gasteiger partial charge >= 0.3 is 0 Å². The fourth-order valence-corrected chi connectivity index (χ4v) is 3.10. The maximum atomic E-state index is 5.98. The quantitative estimate of drug-likeness (QED) is 0.644. The first kappa shape index (κ1) is 16.2. The zero-order valence-electron chi connectivity index (χ0n) is 13.2. The Bertz CT molecular complexity index is 579.